The summed E-state index contributed by atoms with van der Waals surface area (Å²) in [5.74, 6) is 0.844. The summed E-state index contributed by atoms with van der Waals surface area (Å²) in [6.45, 7) is 1.17. The number of hydrogen-bond acceptors (Lipinski definition) is 6. The standard InChI is InChI=1S/C12H15N7O2/c1-18(12(20)21)7-5-19(6-7)10-4-9(15-11(13)16-10)8-2-3-14-17-8/h2-4,7H,5-6H2,1H3,(H,14,17)(H,20,21)(H2,13,15,16). The monoisotopic (exact) mass is 289 g/mol. The predicted molar refractivity (Wildman–Crippen MR) is 75.8 cm³/mol. The van der Waals surface area contributed by atoms with Crippen molar-refractivity contribution in [2.45, 2.75) is 6.04 Å². The van der Waals surface area contributed by atoms with E-state index in [1.165, 1.54) is 4.90 Å². The maximum Gasteiger partial charge on any atom is 0.407 e. The lowest BCUT2D eigenvalue weighted by Gasteiger charge is -2.43. The quantitative estimate of drug-likeness (QED) is 0.739. The Morgan fingerprint density at radius 2 is 2.24 bits per heavy atom. The second-order valence-electron chi connectivity index (χ2n) is 4.88. The molecule has 1 aliphatic heterocycles. The molecule has 0 atom stereocenters. The molecule has 3 heterocycles. The number of aromatic nitrogens is 4. The highest BCUT2D eigenvalue weighted by atomic mass is 16.4. The fraction of sp³-hybridized carbons (Fsp3) is 0.333. The molecular weight excluding hydrogens is 274 g/mol. The Kier molecular flexibility index (Phi) is 3.09. The number of nitrogens with two attached hydrogens (primary N) is 1. The summed E-state index contributed by atoms with van der Waals surface area (Å²) in [5.41, 5.74) is 7.05. The smallest absolute Gasteiger partial charge is 0.407 e. The van der Waals surface area contributed by atoms with Crippen molar-refractivity contribution >= 4 is 17.9 Å². The molecule has 9 nitrogen and oxygen atoms in total. The lowest BCUT2D eigenvalue weighted by molar-refractivity contribution is 0.129. The molecule has 9 heteroatoms. The van der Waals surface area contributed by atoms with E-state index in [0.29, 0.717) is 30.3 Å². The van der Waals surface area contributed by atoms with Crippen LogP contribution in [0.1, 0.15) is 0 Å². The van der Waals surface area contributed by atoms with Gasteiger partial charge in [-0.05, 0) is 6.07 Å². The van der Waals surface area contributed by atoms with Crippen molar-refractivity contribution in [3.63, 3.8) is 0 Å². The number of aromatic amines is 1. The molecule has 4 N–H and O–H groups in total. The zero-order valence-electron chi connectivity index (χ0n) is 11.4. The van der Waals surface area contributed by atoms with Gasteiger partial charge in [0.2, 0.25) is 5.95 Å². The Hall–Kier alpha value is -2.84. The van der Waals surface area contributed by atoms with Crippen LogP contribution >= 0.6 is 0 Å². The minimum Gasteiger partial charge on any atom is -0.465 e. The molecule has 1 saturated heterocycles. The van der Waals surface area contributed by atoms with Gasteiger partial charge < -0.3 is 20.6 Å². The first-order valence-corrected chi connectivity index (χ1v) is 6.40. The third-order valence-corrected chi connectivity index (χ3v) is 3.53. The van der Waals surface area contributed by atoms with Gasteiger partial charge >= 0.3 is 6.09 Å². The molecule has 0 spiro atoms. The molecule has 3 rings (SSSR count). The molecule has 2 aromatic heterocycles. The van der Waals surface area contributed by atoms with Gasteiger partial charge in [-0.15, -0.1) is 0 Å². The first-order valence-electron chi connectivity index (χ1n) is 6.40. The average molecular weight is 289 g/mol. The number of nitrogens with zero attached hydrogens (tertiary/aromatic N) is 5. The number of nitrogen functional groups attached to an aromatic ring is 1. The minimum absolute atomic E-state index is 0.0347. The van der Waals surface area contributed by atoms with E-state index in [4.69, 9.17) is 10.8 Å². The normalized spacial score (nSPS) is 14.8. The molecule has 0 bridgehead atoms. The molecule has 0 aromatic carbocycles. The van der Waals surface area contributed by atoms with Gasteiger partial charge in [0, 0.05) is 32.4 Å². The van der Waals surface area contributed by atoms with Crippen molar-refractivity contribution in [1.29, 1.82) is 0 Å². The number of hydrogen-bond donors (Lipinski definition) is 3. The van der Waals surface area contributed by atoms with Crippen molar-refractivity contribution in [2.75, 3.05) is 30.8 Å². The van der Waals surface area contributed by atoms with Gasteiger partial charge in [0.25, 0.3) is 0 Å². The maximum atomic E-state index is 10.9. The fourth-order valence-corrected chi connectivity index (χ4v) is 2.19. The van der Waals surface area contributed by atoms with Crippen LogP contribution in [0.4, 0.5) is 16.6 Å². The number of H-pyrrole nitrogens is 1. The third kappa shape index (κ3) is 2.45. The minimum atomic E-state index is -0.931. The predicted octanol–water partition coefficient (Wildman–Crippen LogP) is 0.247. The summed E-state index contributed by atoms with van der Waals surface area (Å²) < 4.78 is 0. The van der Waals surface area contributed by atoms with Crippen molar-refractivity contribution in [2.24, 2.45) is 0 Å². The third-order valence-electron chi connectivity index (χ3n) is 3.53. The first kappa shape index (κ1) is 13.2. The summed E-state index contributed by atoms with van der Waals surface area (Å²) in [4.78, 5) is 22.5. The van der Waals surface area contributed by atoms with Gasteiger partial charge in [-0.25, -0.2) is 9.78 Å². The highest BCUT2D eigenvalue weighted by molar-refractivity contribution is 5.66. The topological polar surface area (TPSA) is 124 Å². The summed E-state index contributed by atoms with van der Waals surface area (Å²) in [5, 5.41) is 15.7. The van der Waals surface area contributed by atoms with Gasteiger partial charge in [0.15, 0.2) is 0 Å². The number of carboxylic acid groups (broad SMARTS) is 1. The summed E-state index contributed by atoms with van der Waals surface area (Å²) in [6, 6.07) is 3.55. The van der Waals surface area contributed by atoms with Crippen LogP contribution in [-0.2, 0) is 0 Å². The van der Waals surface area contributed by atoms with Crippen LogP contribution in [0.3, 0.4) is 0 Å². The van der Waals surface area contributed by atoms with Crippen LogP contribution in [-0.4, -0.2) is 62.4 Å². The lowest BCUT2D eigenvalue weighted by atomic mass is 10.1. The number of anilines is 2. The number of amides is 1. The van der Waals surface area contributed by atoms with E-state index in [1.807, 2.05) is 4.90 Å². The van der Waals surface area contributed by atoms with E-state index in [1.54, 1.807) is 25.4 Å². The molecule has 2 aromatic rings. The SMILES string of the molecule is CN(C(=O)O)C1CN(c2cc(-c3cc[nH]n3)nc(N)n2)C1. The molecule has 0 radical (unpaired) electrons. The Morgan fingerprint density at radius 1 is 1.48 bits per heavy atom. The molecular formula is C12H15N7O2. The molecule has 0 aliphatic carbocycles. The van der Waals surface area contributed by atoms with Crippen molar-refractivity contribution in [1.82, 2.24) is 25.1 Å². The van der Waals surface area contributed by atoms with Crippen LogP contribution in [0.2, 0.25) is 0 Å². The lowest BCUT2D eigenvalue weighted by Crippen LogP contribution is -2.59. The molecule has 1 aliphatic rings. The number of nitrogens with one attached hydrogen (secondary N) is 1. The zero-order valence-corrected chi connectivity index (χ0v) is 11.4. The molecule has 1 amide bonds. The Balaban J connectivity index is 1.77. The highest BCUT2D eigenvalue weighted by Crippen LogP contribution is 2.25. The van der Waals surface area contributed by atoms with Crippen LogP contribution in [0.25, 0.3) is 11.4 Å². The average Bonchev–Trinajstić information content (AvgIpc) is 2.89. The molecule has 21 heavy (non-hydrogen) atoms. The van der Waals surface area contributed by atoms with Crippen molar-refractivity contribution in [3.05, 3.63) is 18.3 Å². The van der Waals surface area contributed by atoms with E-state index >= 15 is 0 Å². The second kappa shape index (κ2) is 4.93. The number of carbonyl (C=O) groups is 1. The van der Waals surface area contributed by atoms with Crippen LogP contribution in [0.5, 0.6) is 0 Å². The summed E-state index contributed by atoms with van der Waals surface area (Å²) >= 11 is 0. The van der Waals surface area contributed by atoms with Gasteiger partial charge in [0.05, 0.1) is 11.7 Å². The fourth-order valence-electron chi connectivity index (χ4n) is 2.19. The van der Waals surface area contributed by atoms with E-state index < -0.39 is 6.09 Å². The van der Waals surface area contributed by atoms with Gasteiger partial charge in [0.1, 0.15) is 11.5 Å². The van der Waals surface area contributed by atoms with E-state index in [9.17, 15) is 4.79 Å². The summed E-state index contributed by atoms with van der Waals surface area (Å²) in [6.07, 6.45) is 0.772. The van der Waals surface area contributed by atoms with Gasteiger partial charge in [-0.2, -0.15) is 10.1 Å². The van der Waals surface area contributed by atoms with Gasteiger partial charge in [-0.1, -0.05) is 0 Å². The van der Waals surface area contributed by atoms with Crippen molar-refractivity contribution in [3.8, 4) is 11.4 Å². The van der Waals surface area contributed by atoms with Crippen LogP contribution in [0.15, 0.2) is 18.3 Å². The molecule has 110 valence electrons. The van der Waals surface area contributed by atoms with Crippen LogP contribution in [0, 0.1) is 0 Å². The van der Waals surface area contributed by atoms with Crippen molar-refractivity contribution < 1.29 is 9.90 Å². The molecule has 1 fully saturated rings. The van der Waals surface area contributed by atoms with E-state index in [2.05, 4.69) is 20.2 Å². The highest BCUT2D eigenvalue weighted by Gasteiger charge is 2.33. The maximum absolute atomic E-state index is 10.9. The number of likely N-dealkylation sites (N-methyl/N-ethyl adjacent to an activating group) is 1. The van der Waals surface area contributed by atoms with E-state index in [0.717, 1.165) is 0 Å². The Morgan fingerprint density at radius 3 is 2.86 bits per heavy atom. The summed E-state index contributed by atoms with van der Waals surface area (Å²) in [7, 11) is 1.56. The largest absolute Gasteiger partial charge is 0.465 e. The van der Waals surface area contributed by atoms with Crippen LogP contribution < -0.4 is 10.6 Å². The molecule has 0 saturated carbocycles. The second-order valence-corrected chi connectivity index (χ2v) is 4.88. The van der Waals surface area contributed by atoms with Gasteiger partial charge in [-0.3, -0.25) is 5.10 Å². The van der Waals surface area contributed by atoms with E-state index in [-0.39, 0.29) is 12.0 Å². The first-order chi connectivity index (χ1) is 10.0. The number of rotatable bonds is 3. The Bertz CT molecular complexity index is 652. The zero-order chi connectivity index (χ0) is 15.0. The Labute approximate surface area is 120 Å². The molecule has 0 unspecified atom stereocenters.